The topological polar surface area (TPSA) is 29.1 Å². The van der Waals surface area contributed by atoms with E-state index >= 15 is 0 Å². The summed E-state index contributed by atoms with van der Waals surface area (Å²) in [5.41, 5.74) is 0. The standard InChI is InChI=1S/C4H6BrNO/c1-6-4(7)2-3-5/h2-3H,1H3,(H,6,7). The van der Waals surface area contributed by atoms with E-state index in [-0.39, 0.29) is 5.91 Å². The highest BCUT2D eigenvalue weighted by atomic mass is 79.9. The number of halogens is 1. The lowest BCUT2D eigenvalue weighted by Gasteiger charge is -1.83. The molecule has 0 radical (unpaired) electrons. The molecule has 0 aromatic carbocycles. The van der Waals surface area contributed by atoms with E-state index in [9.17, 15) is 4.79 Å². The molecular weight excluding hydrogens is 158 g/mol. The first-order chi connectivity index (χ1) is 3.31. The molecule has 1 amide bonds. The summed E-state index contributed by atoms with van der Waals surface area (Å²) >= 11 is 2.95. The maximum Gasteiger partial charge on any atom is 0.244 e. The first-order valence-corrected chi connectivity index (χ1v) is 2.71. The normalized spacial score (nSPS) is 9.43. The number of nitrogens with one attached hydrogen (secondary N) is 1. The zero-order valence-electron chi connectivity index (χ0n) is 3.94. The molecule has 7 heavy (non-hydrogen) atoms. The summed E-state index contributed by atoms with van der Waals surface area (Å²) in [5.74, 6) is -0.100. The maximum atomic E-state index is 10.2. The van der Waals surface area contributed by atoms with Crippen LogP contribution in [0.4, 0.5) is 0 Å². The summed E-state index contributed by atoms with van der Waals surface area (Å²) < 4.78 is 0. The van der Waals surface area contributed by atoms with Crippen molar-refractivity contribution in [1.29, 1.82) is 0 Å². The minimum atomic E-state index is -0.100. The van der Waals surface area contributed by atoms with Crippen LogP contribution in [0, 0.1) is 0 Å². The lowest BCUT2D eigenvalue weighted by atomic mass is 10.6. The number of carbonyl (C=O) groups is 1. The molecule has 0 aliphatic rings. The molecule has 0 bridgehead atoms. The van der Waals surface area contributed by atoms with Gasteiger partial charge in [0.15, 0.2) is 0 Å². The third kappa shape index (κ3) is 3.52. The summed E-state index contributed by atoms with van der Waals surface area (Å²) in [5, 5.41) is 2.41. The Morgan fingerprint density at radius 2 is 2.43 bits per heavy atom. The van der Waals surface area contributed by atoms with E-state index < -0.39 is 0 Å². The van der Waals surface area contributed by atoms with Crippen LogP contribution in [-0.2, 0) is 4.79 Å². The average molecular weight is 164 g/mol. The second-order valence-corrected chi connectivity index (χ2v) is 1.44. The smallest absolute Gasteiger partial charge is 0.244 e. The molecule has 0 aliphatic heterocycles. The van der Waals surface area contributed by atoms with E-state index in [1.807, 2.05) is 0 Å². The predicted octanol–water partition coefficient (Wildman–Crippen LogP) is 0.641. The zero-order valence-corrected chi connectivity index (χ0v) is 5.53. The zero-order chi connectivity index (χ0) is 5.70. The van der Waals surface area contributed by atoms with Crippen LogP contribution >= 0.6 is 15.9 Å². The van der Waals surface area contributed by atoms with Crippen molar-refractivity contribution in [2.75, 3.05) is 7.05 Å². The van der Waals surface area contributed by atoms with E-state index in [4.69, 9.17) is 0 Å². The van der Waals surface area contributed by atoms with Gasteiger partial charge in [-0.2, -0.15) is 0 Å². The Balaban J connectivity index is 3.37. The largest absolute Gasteiger partial charge is 0.356 e. The van der Waals surface area contributed by atoms with Gasteiger partial charge in [0, 0.05) is 13.1 Å². The fourth-order valence-electron chi connectivity index (χ4n) is 0.141. The quantitative estimate of drug-likeness (QED) is 0.566. The molecule has 0 atom stereocenters. The lowest BCUT2D eigenvalue weighted by Crippen LogP contribution is -2.13. The van der Waals surface area contributed by atoms with Crippen molar-refractivity contribution >= 4 is 21.8 Å². The van der Waals surface area contributed by atoms with Gasteiger partial charge in [0.2, 0.25) is 5.91 Å². The molecule has 0 aromatic heterocycles. The van der Waals surface area contributed by atoms with Gasteiger partial charge in [-0.05, 0) is 4.99 Å². The van der Waals surface area contributed by atoms with Crippen LogP contribution in [0.1, 0.15) is 0 Å². The Morgan fingerprint density at radius 3 is 2.57 bits per heavy atom. The summed E-state index contributed by atoms with van der Waals surface area (Å²) in [7, 11) is 1.58. The Bertz CT molecular complexity index is 89.7. The Labute approximate surface area is 50.7 Å². The fraction of sp³-hybridized carbons (Fsp3) is 0.250. The minimum Gasteiger partial charge on any atom is -0.356 e. The molecule has 3 heteroatoms. The summed E-state index contributed by atoms with van der Waals surface area (Å²) in [6.45, 7) is 0. The third-order valence-electron chi connectivity index (χ3n) is 0.461. The molecule has 0 heterocycles. The maximum absolute atomic E-state index is 10.2. The number of amides is 1. The molecule has 0 rings (SSSR count). The van der Waals surface area contributed by atoms with Crippen LogP contribution in [0.3, 0.4) is 0 Å². The van der Waals surface area contributed by atoms with Crippen molar-refractivity contribution < 1.29 is 4.79 Å². The summed E-state index contributed by atoms with van der Waals surface area (Å²) in [4.78, 5) is 11.7. The Hall–Kier alpha value is -0.310. The number of hydrogen-bond donors (Lipinski definition) is 1. The highest BCUT2D eigenvalue weighted by Gasteiger charge is 1.81. The first kappa shape index (κ1) is 6.69. The van der Waals surface area contributed by atoms with Crippen LogP contribution in [-0.4, -0.2) is 13.0 Å². The predicted molar refractivity (Wildman–Crippen MR) is 32.1 cm³/mol. The molecular formula is C4H6BrNO. The number of rotatable bonds is 1. The van der Waals surface area contributed by atoms with Crippen molar-refractivity contribution in [2.24, 2.45) is 0 Å². The van der Waals surface area contributed by atoms with E-state index in [0.717, 1.165) is 0 Å². The third-order valence-corrected chi connectivity index (χ3v) is 0.725. The Kier molecular flexibility index (Phi) is 3.69. The van der Waals surface area contributed by atoms with E-state index in [1.54, 1.807) is 7.05 Å². The van der Waals surface area contributed by atoms with Gasteiger partial charge in [-0.1, -0.05) is 15.9 Å². The second kappa shape index (κ2) is 3.87. The first-order valence-electron chi connectivity index (χ1n) is 1.79. The van der Waals surface area contributed by atoms with Crippen LogP contribution in [0.25, 0.3) is 0 Å². The van der Waals surface area contributed by atoms with Crippen LogP contribution in [0.5, 0.6) is 0 Å². The molecule has 0 spiro atoms. The van der Waals surface area contributed by atoms with Gasteiger partial charge in [-0.25, -0.2) is 0 Å². The summed E-state index contributed by atoms with van der Waals surface area (Å²) in [6, 6.07) is 0. The molecule has 0 fully saturated rings. The fourth-order valence-corrected chi connectivity index (χ4v) is 0.381. The van der Waals surface area contributed by atoms with Crippen LogP contribution < -0.4 is 5.32 Å². The Morgan fingerprint density at radius 1 is 1.86 bits per heavy atom. The lowest BCUT2D eigenvalue weighted by molar-refractivity contribution is -0.116. The monoisotopic (exact) mass is 163 g/mol. The van der Waals surface area contributed by atoms with E-state index in [0.29, 0.717) is 0 Å². The van der Waals surface area contributed by atoms with Crippen molar-refractivity contribution in [3.63, 3.8) is 0 Å². The molecule has 0 aliphatic carbocycles. The van der Waals surface area contributed by atoms with Crippen molar-refractivity contribution in [2.45, 2.75) is 0 Å². The average Bonchev–Trinajstić information content (AvgIpc) is 1.68. The highest BCUT2D eigenvalue weighted by Crippen LogP contribution is 1.79. The summed E-state index contributed by atoms with van der Waals surface area (Å²) in [6.07, 6.45) is 1.39. The van der Waals surface area contributed by atoms with Crippen molar-refractivity contribution in [3.8, 4) is 0 Å². The molecule has 1 N–H and O–H groups in total. The molecule has 0 saturated carbocycles. The van der Waals surface area contributed by atoms with Crippen LogP contribution in [0.15, 0.2) is 11.1 Å². The minimum absolute atomic E-state index is 0.100. The van der Waals surface area contributed by atoms with E-state index in [1.165, 1.54) is 11.1 Å². The van der Waals surface area contributed by atoms with Crippen molar-refractivity contribution in [3.05, 3.63) is 11.1 Å². The molecule has 0 aromatic rings. The van der Waals surface area contributed by atoms with E-state index in [2.05, 4.69) is 21.2 Å². The highest BCUT2D eigenvalue weighted by molar-refractivity contribution is 9.11. The molecule has 40 valence electrons. The number of likely N-dealkylation sites (N-methyl/N-ethyl adjacent to an activating group) is 1. The van der Waals surface area contributed by atoms with Gasteiger partial charge in [0.1, 0.15) is 0 Å². The van der Waals surface area contributed by atoms with Crippen LogP contribution in [0.2, 0.25) is 0 Å². The van der Waals surface area contributed by atoms with Gasteiger partial charge < -0.3 is 5.32 Å². The number of hydrogen-bond acceptors (Lipinski definition) is 1. The SMILES string of the molecule is CNC(=O)C=CBr. The van der Waals surface area contributed by atoms with Crippen molar-refractivity contribution in [1.82, 2.24) is 5.32 Å². The molecule has 2 nitrogen and oxygen atoms in total. The van der Waals surface area contributed by atoms with Gasteiger partial charge >= 0.3 is 0 Å². The molecule has 0 saturated heterocycles. The van der Waals surface area contributed by atoms with Gasteiger partial charge in [-0.15, -0.1) is 0 Å². The van der Waals surface area contributed by atoms with Gasteiger partial charge in [0.25, 0.3) is 0 Å². The van der Waals surface area contributed by atoms with Gasteiger partial charge in [-0.3, -0.25) is 4.79 Å². The second-order valence-electron chi connectivity index (χ2n) is 0.907. The molecule has 0 unspecified atom stereocenters. The number of carbonyl (C=O) groups excluding carboxylic acids is 1. The van der Waals surface area contributed by atoms with Gasteiger partial charge in [0.05, 0.1) is 0 Å².